The summed E-state index contributed by atoms with van der Waals surface area (Å²) in [6.07, 6.45) is 1.42. The molecule has 100 valence electrons. The van der Waals surface area contributed by atoms with Crippen LogP contribution in [0.1, 0.15) is 12.8 Å². The van der Waals surface area contributed by atoms with Gasteiger partial charge >= 0.3 is 0 Å². The van der Waals surface area contributed by atoms with E-state index in [-0.39, 0.29) is 16.6 Å². The Hall–Kier alpha value is -1.14. The lowest BCUT2D eigenvalue weighted by Crippen LogP contribution is -2.23. The predicted octanol–water partition coefficient (Wildman–Crippen LogP) is 1.73. The summed E-state index contributed by atoms with van der Waals surface area (Å²) in [6, 6.07) is 3.16. The van der Waals surface area contributed by atoms with Gasteiger partial charge in [0, 0.05) is 13.2 Å². The number of ether oxygens (including phenoxy) is 1. The van der Waals surface area contributed by atoms with Gasteiger partial charge in [-0.3, -0.25) is 0 Å². The number of sulfone groups is 1. The van der Waals surface area contributed by atoms with E-state index in [2.05, 4.69) is 0 Å². The standard InChI is InChI=1S/C12H15FO4S/c13-11-7-10(1-2-12(11)14)18(15,16)8-9-3-5-17-6-4-9/h1-2,7,9,14H,3-6,8H2. The Morgan fingerprint density at radius 2 is 2.00 bits per heavy atom. The van der Waals surface area contributed by atoms with Crippen LogP contribution < -0.4 is 0 Å². The fourth-order valence-electron chi connectivity index (χ4n) is 2.00. The van der Waals surface area contributed by atoms with E-state index < -0.39 is 21.4 Å². The summed E-state index contributed by atoms with van der Waals surface area (Å²) in [4.78, 5) is -0.0794. The first kappa shape index (κ1) is 13.3. The minimum absolute atomic E-state index is 0.000571. The van der Waals surface area contributed by atoms with Crippen LogP contribution in [0.4, 0.5) is 4.39 Å². The number of hydrogen-bond acceptors (Lipinski definition) is 4. The SMILES string of the molecule is O=S(=O)(CC1CCOCC1)c1ccc(O)c(F)c1. The summed E-state index contributed by atoms with van der Waals surface area (Å²) in [5, 5.41) is 9.04. The zero-order chi connectivity index (χ0) is 13.2. The first-order valence-corrected chi connectivity index (χ1v) is 7.43. The maximum Gasteiger partial charge on any atom is 0.178 e. The van der Waals surface area contributed by atoms with E-state index in [1.807, 2.05) is 0 Å². The van der Waals surface area contributed by atoms with Gasteiger partial charge in [-0.2, -0.15) is 0 Å². The molecule has 4 nitrogen and oxygen atoms in total. The number of halogens is 1. The second-order valence-corrected chi connectivity index (χ2v) is 6.48. The van der Waals surface area contributed by atoms with Crippen molar-refractivity contribution in [3.05, 3.63) is 24.0 Å². The molecule has 0 aliphatic carbocycles. The zero-order valence-corrected chi connectivity index (χ0v) is 10.6. The predicted molar refractivity (Wildman–Crippen MR) is 63.7 cm³/mol. The number of phenols is 1. The third kappa shape index (κ3) is 3.00. The van der Waals surface area contributed by atoms with Crippen molar-refractivity contribution in [1.82, 2.24) is 0 Å². The zero-order valence-electron chi connectivity index (χ0n) is 9.80. The molecule has 6 heteroatoms. The highest BCUT2D eigenvalue weighted by atomic mass is 32.2. The summed E-state index contributed by atoms with van der Waals surface area (Å²) in [5.41, 5.74) is 0. The minimum Gasteiger partial charge on any atom is -0.505 e. The number of benzene rings is 1. The van der Waals surface area contributed by atoms with Crippen LogP contribution in [0, 0.1) is 11.7 Å². The van der Waals surface area contributed by atoms with Gasteiger partial charge < -0.3 is 9.84 Å². The molecule has 1 fully saturated rings. The quantitative estimate of drug-likeness (QED) is 0.911. The van der Waals surface area contributed by atoms with Gasteiger partial charge in [-0.15, -0.1) is 0 Å². The topological polar surface area (TPSA) is 63.6 Å². The van der Waals surface area contributed by atoms with Crippen molar-refractivity contribution in [1.29, 1.82) is 0 Å². The van der Waals surface area contributed by atoms with Crippen LogP contribution in [0.25, 0.3) is 0 Å². The molecule has 1 aromatic carbocycles. The van der Waals surface area contributed by atoms with Crippen LogP contribution in [0.3, 0.4) is 0 Å². The third-order valence-corrected chi connectivity index (χ3v) is 4.96. The monoisotopic (exact) mass is 274 g/mol. The fourth-order valence-corrected chi connectivity index (χ4v) is 3.71. The van der Waals surface area contributed by atoms with Crippen LogP contribution in [0.15, 0.2) is 23.1 Å². The van der Waals surface area contributed by atoms with Crippen LogP contribution in [-0.2, 0) is 14.6 Å². The molecule has 0 unspecified atom stereocenters. The molecule has 0 atom stereocenters. The van der Waals surface area contributed by atoms with Gasteiger partial charge in [0.1, 0.15) is 0 Å². The molecule has 0 radical (unpaired) electrons. The summed E-state index contributed by atoms with van der Waals surface area (Å²) >= 11 is 0. The molecule has 0 bridgehead atoms. The molecule has 1 saturated heterocycles. The maximum absolute atomic E-state index is 13.2. The normalized spacial score (nSPS) is 17.8. The molecule has 1 N–H and O–H groups in total. The van der Waals surface area contributed by atoms with E-state index in [9.17, 15) is 12.8 Å². The van der Waals surface area contributed by atoms with E-state index in [4.69, 9.17) is 9.84 Å². The molecule has 1 heterocycles. The highest BCUT2D eigenvalue weighted by Gasteiger charge is 2.24. The van der Waals surface area contributed by atoms with Gasteiger partial charge in [-0.05, 0) is 37.0 Å². The lowest BCUT2D eigenvalue weighted by atomic mass is 10.0. The summed E-state index contributed by atoms with van der Waals surface area (Å²) in [6.45, 7) is 1.15. The van der Waals surface area contributed by atoms with Crippen molar-refractivity contribution < 1.29 is 22.7 Å². The lowest BCUT2D eigenvalue weighted by Gasteiger charge is -2.21. The van der Waals surface area contributed by atoms with Crippen LogP contribution in [-0.4, -0.2) is 32.5 Å². The summed E-state index contributed by atoms with van der Waals surface area (Å²) in [5.74, 6) is -1.40. The third-order valence-electron chi connectivity index (χ3n) is 3.07. The maximum atomic E-state index is 13.2. The number of phenolic OH excluding ortho intramolecular Hbond substituents is 1. The van der Waals surface area contributed by atoms with Crippen LogP contribution >= 0.6 is 0 Å². The highest BCUT2D eigenvalue weighted by molar-refractivity contribution is 7.91. The Labute approximate surface area is 105 Å². The Kier molecular flexibility index (Phi) is 3.87. The summed E-state index contributed by atoms with van der Waals surface area (Å²) < 4.78 is 42.5. The van der Waals surface area contributed by atoms with Crippen molar-refractivity contribution >= 4 is 9.84 Å². The molecule has 18 heavy (non-hydrogen) atoms. The largest absolute Gasteiger partial charge is 0.505 e. The van der Waals surface area contributed by atoms with Crippen molar-refractivity contribution in [3.63, 3.8) is 0 Å². The van der Waals surface area contributed by atoms with Gasteiger partial charge in [0.25, 0.3) is 0 Å². The molecule has 1 aromatic rings. The van der Waals surface area contributed by atoms with E-state index in [1.165, 1.54) is 6.07 Å². The molecule has 0 aromatic heterocycles. The molecule has 1 aliphatic heterocycles. The van der Waals surface area contributed by atoms with Crippen molar-refractivity contribution in [3.8, 4) is 5.75 Å². The Balaban J connectivity index is 2.16. The van der Waals surface area contributed by atoms with Crippen LogP contribution in [0.5, 0.6) is 5.75 Å². The highest BCUT2D eigenvalue weighted by Crippen LogP contribution is 2.24. The first-order valence-electron chi connectivity index (χ1n) is 5.78. The van der Waals surface area contributed by atoms with E-state index in [1.54, 1.807) is 0 Å². The molecular weight excluding hydrogens is 259 g/mol. The van der Waals surface area contributed by atoms with Crippen molar-refractivity contribution in [2.45, 2.75) is 17.7 Å². The van der Waals surface area contributed by atoms with E-state index in [0.717, 1.165) is 12.1 Å². The second-order valence-electron chi connectivity index (χ2n) is 4.45. The van der Waals surface area contributed by atoms with E-state index in [0.29, 0.717) is 26.1 Å². The molecule has 2 rings (SSSR count). The average Bonchev–Trinajstić information content (AvgIpc) is 2.33. The molecule has 0 spiro atoms. The van der Waals surface area contributed by atoms with Gasteiger partial charge in [-0.1, -0.05) is 0 Å². The molecular formula is C12H15FO4S. The minimum atomic E-state index is -3.51. The molecule has 0 saturated carbocycles. The van der Waals surface area contributed by atoms with Gasteiger partial charge in [0.2, 0.25) is 0 Å². The fraction of sp³-hybridized carbons (Fsp3) is 0.500. The molecule has 1 aliphatic rings. The Bertz CT molecular complexity index is 521. The average molecular weight is 274 g/mol. The lowest BCUT2D eigenvalue weighted by molar-refractivity contribution is 0.0723. The first-order chi connectivity index (χ1) is 8.49. The number of aromatic hydroxyl groups is 1. The van der Waals surface area contributed by atoms with Gasteiger partial charge in [-0.25, -0.2) is 12.8 Å². The van der Waals surface area contributed by atoms with Crippen molar-refractivity contribution in [2.75, 3.05) is 19.0 Å². The van der Waals surface area contributed by atoms with Crippen LogP contribution in [0.2, 0.25) is 0 Å². The van der Waals surface area contributed by atoms with Gasteiger partial charge in [0.15, 0.2) is 21.4 Å². The number of rotatable bonds is 3. The smallest absolute Gasteiger partial charge is 0.178 e. The van der Waals surface area contributed by atoms with Gasteiger partial charge in [0.05, 0.1) is 10.6 Å². The van der Waals surface area contributed by atoms with Crippen molar-refractivity contribution in [2.24, 2.45) is 5.92 Å². The van der Waals surface area contributed by atoms with E-state index >= 15 is 0 Å². The second kappa shape index (κ2) is 5.24. The summed E-state index contributed by atoms with van der Waals surface area (Å²) in [7, 11) is -3.51. The number of hydrogen-bond donors (Lipinski definition) is 1. The Morgan fingerprint density at radius 1 is 1.33 bits per heavy atom. The Morgan fingerprint density at radius 3 is 2.61 bits per heavy atom. The molecule has 0 amide bonds.